The fraction of sp³-hybridized carbons (Fsp3) is 0.263. The quantitative estimate of drug-likeness (QED) is 0.837. The Hall–Kier alpha value is -3.42. The number of allylic oxidation sites excluding steroid dienone is 1. The van der Waals surface area contributed by atoms with Crippen LogP contribution in [0.4, 0.5) is 5.95 Å². The molecule has 3 heterocycles. The van der Waals surface area contributed by atoms with E-state index >= 15 is 0 Å². The Bertz CT molecular complexity index is 1040. The van der Waals surface area contributed by atoms with Crippen LogP contribution in [0.3, 0.4) is 0 Å². The Labute approximate surface area is 155 Å². The summed E-state index contributed by atoms with van der Waals surface area (Å²) in [5.41, 5.74) is 5.31. The number of aliphatic imine (C=N–C) groups is 1. The highest BCUT2D eigenvalue weighted by atomic mass is 16.5. The van der Waals surface area contributed by atoms with E-state index < -0.39 is 12.0 Å². The van der Waals surface area contributed by atoms with Crippen LogP contribution in [0.25, 0.3) is 0 Å². The van der Waals surface area contributed by atoms with Gasteiger partial charge in [-0.15, -0.1) is 0 Å². The molecule has 8 nitrogen and oxygen atoms in total. The molecule has 27 heavy (non-hydrogen) atoms. The number of aromatic nitrogens is 2. The summed E-state index contributed by atoms with van der Waals surface area (Å²) in [5, 5.41) is 1.69. The van der Waals surface area contributed by atoms with E-state index in [9.17, 15) is 9.59 Å². The van der Waals surface area contributed by atoms with Crippen LogP contribution in [0, 0.1) is 6.92 Å². The molecule has 1 N–H and O–H groups in total. The molecule has 0 fully saturated rings. The van der Waals surface area contributed by atoms with Crippen molar-refractivity contribution in [1.29, 1.82) is 0 Å². The molecule has 2 aliphatic heterocycles. The summed E-state index contributed by atoms with van der Waals surface area (Å²) >= 11 is 0. The zero-order valence-corrected chi connectivity index (χ0v) is 15.3. The first kappa shape index (κ1) is 17.0. The van der Waals surface area contributed by atoms with Gasteiger partial charge in [0.25, 0.3) is 5.56 Å². The first-order valence-electron chi connectivity index (χ1n) is 8.69. The Morgan fingerprint density at radius 3 is 2.70 bits per heavy atom. The third-order valence-corrected chi connectivity index (χ3v) is 4.48. The average Bonchev–Trinajstić information content (AvgIpc) is 2.99. The third-order valence-electron chi connectivity index (χ3n) is 4.48. The average molecular weight is 365 g/mol. The highest BCUT2D eigenvalue weighted by molar-refractivity contribution is 5.98. The lowest BCUT2D eigenvalue weighted by molar-refractivity contribution is -0.139. The SMILES string of the molecule is CCOC(=O)C1=C(C)N=C2N(Nc3nc(C)cc(=O)n32)C1c1ccccc1. The summed E-state index contributed by atoms with van der Waals surface area (Å²) in [6.45, 7) is 5.53. The summed E-state index contributed by atoms with van der Waals surface area (Å²) in [6, 6.07) is 10.5. The summed E-state index contributed by atoms with van der Waals surface area (Å²) in [6.07, 6.45) is 0. The molecule has 4 rings (SSSR count). The van der Waals surface area contributed by atoms with Crippen molar-refractivity contribution in [1.82, 2.24) is 14.6 Å². The molecule has 0 saturated heterocycles. The molecule has 1 aromatic carbocycles. The molecule has 0 spiro atoms. The molecule has 2 aliphatic rings. The van der Waals surface area contributed by atoms with Crippen molar-refractivity contribution in [2.45, 2.75) is 26.8 Å². The molecule has 1 unspecified atom stereocenters. The van der Waals surface area contributed by atoms with Crippen LogP contribution in [0.15, 0.2) is 57.5 Å². The second-order valence-corrected chi connectivity index (χ2v) is 6.32. The normalized spacial score (nSPS) is 17.8. The smallest absolute Gasteiger partial charge is 0.338 e. The standard InChI is InChI=1S/C19H19N5O3/c1-4-27-17(26)15-12(3)21-19-23-14(25)10-11(2)20-18(23)22-24(19)16(15)13-8-6-5-7-9-13/h5-10,16H,4H2,1-3H3,(H,20,22). The maximum absolute atomic E-state index is 12.7. The Balaban J connectivity index is 1.92. The van der Waals surface area contributed by atoms with Crippen molar-refractivity contribution in [3.63, 3.8) is 0 Å². The van der Waals surface area contributed by atoms with E-state index in [1.54, 1.807) is 25.8 Å². The van der Waals surface area contributed by atoms with Crippen LogP contribution in [-0.4, -0.2) is 33.1 Å². The van der Waals surface area contributed by atoms with Crippen molar-refractivity contribution < 1.29 is 9.53 Å². The maximum atomic E-state index is 12.7. The van der Waals surface area contributed by atoms with Gasteiger partial charge in [0, 0.05) is 11.8 Å². The van der Waals surface area contributed by atoms with Gasteiger partial charge in [0.05, 0.1) is 17.9 Å². The summed E-state index contributed by atoms with van der Waals surface area (Å²) in [4.78, 5) is 34.1. The minimum absolute atomic E-state index is 0.231. The van der Waals surface area contributed by atoms with E-state index in [0.717, 1.165) is 5.56 Å². The molecule has 1 atom stereocenters. The molecular formula is C19H19N5O3. The highest BCUT2D eigenvalue weighted by Gasteiger charge is 2.42. The molecule has 0 saturated carbocycles. The fourth-order valence-corrected chi connectivity index (χ4v) is 3.37. The predicted molar refractivity (Wildman–Crippen MR) is 100 cm³/mol. The summed E-state index contributed by atoms with van der Waals surface area (Å²) in [5.74, 6) is 0.334. The molecule has 0 bridgehead atoms. The predicted octanol–water partition coefficient (Wildman–Crippen LogP) is 1.99. The second kappa shape index (κ2) is 6.39. The van der Waals surface area contributed by atoms with E-state index in [4.69, 9.17) is 4.74 Å². The fourth-order valence-electron chi connectivity index (χ4n) is 3.37. The number of ether oxygens (including phenoxy) is 1. The Morgan fingerprint density at radius 1 is 1.26 bits per heavy atom. The number of benzene rings is 1. The van der Waals surface area contributed by atoms with E-state index in [2.05, 4.69) is 15.4 Å². The van der Waals surface area contributed by atoms with Crippen LogP contribution in [0.5, 0.6) is 0 Å². The summed E-state index contributed by atoms with van der Waals surface area (Å²) in [7, 11) is 0. The second-order valence-electron chi connectivity index (χ2n) is 6.32. The van der Waals surface area contributed by atoms with Gasteiger partial charge < -0.3 is 4.74 Å². The van der Waals surface area contributed by atoms with Crippen LogP contribution < -0.4 is 11.0 Å². The zero-order valence-electron chi connectivity index (χ0n) is 15.3. The lowest BCUT2D eigenvalue weighted by atomic mass is 9.95. The number of hydrogen-bond donors (Lipinski definition) is 1. The van der Waals surface area contributed by atoms with Gasteiger partial charge in [-0.3, -0.25) is 10.2 Å². The molecule has 0 radical (unpaired) electrons. The number of esters is 1. The number of anilines is 1. The Kier molecular flexibility index (Phi) is 4.02. The van der Waals surface area contributed by atoms with Gasteiger partial charge in [-0.2, -0.15) is 0 Å². The van der Waals surface area contributed by atoms with Crippen LogP contribution in [0.2, 0.25) is 0 Å². The van der Waals surface area contributed by atoms with Gasteiger partial charge in [0.1, 0.15) is 6.04 Å². The van der Waals surface area contributed by atoms with Crippen LogP contribution in [0.1, 0.15) is 31.1 Å². The molecule has 0 aliphatic carbocycles. The largest absolute Gasteiger partial charge is 0.463 e. The topological polar surface area (TPSA) is 88.8 Å². The minimum atomic E-state index is -0.501. The van der Waals surface area contributed by atoms with Gasteiger partial charge >= 0.3 is 5.97 Å². The van der Waals surface area contributed by atoms with E-state index in [1.165, 1.54) is 10.6 Å². The van der Waals surface area contributed by atoms with E-state index in [-0.39, 0.29) is 12.2 Å². The number of aryl methyl sites for hydroxylation is 1. The van der Waals surface area contributed by atoms with Crippen molar-refractivity contribution in [2.75, 3.05) is 12.0 Å². The first-order chi connectivity index (χ1) is 13.0. The van der Waals surface area contributed by atoms with Gasteiger partial charge in [-0.1, -0.05) is 30.3 Å². The van der Waals surface area contributed by atoms with Crippen molar-refractivity contribution in [3.8, 4) is 0 Å². The van der Waals surface area contributed by atoms with E-state index in [0.29, 0.717) is 28.9 Å². The maximum Gasteiger partial charge on any atom is 0.338 e. The first-order valence-corrected chi connectivity index (χ1v) is 8.69. The number of carbonyl (C=O) groups excluding carboxylic acids is 1. The Morgan fingerprint density at radius 2 is 2.00 bits per heavy atom. The molecular weight excluding hydrogens is 346 g/mol. The third kappa shape index (κ3) is 2.69. The number of hydrogen-bond acceptors (Lipinski definition) is 7. The number of carbonyl (C=O) groups is 1. The van der Waals surface area contributed by atoms with Gasteiger partial charge in [-0.05, 0) is 26.3 Å². The lowest BCUT2D eigenvalue weighted by Gasteiger charge is -2.33. The number of fused-ring (bicyclic) bond motifs is 3. The van der Waals surface area contributed by atoms with Gasteiger partial charge in [0.15, 0.2) is 0 Å². The number of hydrazine groups is 1. The monoisotopic (exact) mass is 365 g/mol. The molecule has 1 aromatic heterocycles. The van der Waals surface area contributed by atoms with Gasteiger partial charge in [-0.25, -0.2) is 24.3 Å². The lowest BCUT2D eigenvalue weighted by Crippen LogP contribution is -2.43. The van der Waals surface area contributed by atoms with Crippen LogP contribution >= 0.6 is 0 Å². The van der Waals surface area contributed by atoms with Crippen molar-refractivity contribution >= 4 is 17.9 Å². The van der Waals surface area contributed by atoms with Crippen molar-refractivity contribution in [2.24, 2.45) is 4.99 Å². The zero-order chi connectivity index (χ0) is 19.1. The molecule has 0 amide bonds. The van der Waals surface area contributed by atoms with Crippen molar-refractivity contribution in [3.05, 3.63) is 69.3 Å². The van der Waals surface area contributed by atoms with E-state index in [1.807, 2.05) is 30.3 Å². The molecule has 8 heteroatoms. The highest BCUT2D eigenvalue weighted by Crippen LogP contribution is 2.38. The van der Waals surface area contributed by atoms with Gasteiger partial charge in [0.2, 0.25) is 11.9 Å². The number of nitrogens with zero attached hydrogens (tertiary/aromatic N) is 4. The minimum Gasteiger partial charge on any atom is -0.463 e. The number of rotatable bonds is 3. The molecule has 2 aromatic rings. The summed E-state index contributed by atoms with van der Waals surface area (Å²) < 4.78 is 6.68. The molecule has 138 valence electrons. The van der Waals surface area contributed by atoms with Crippen LogP contribution in [-0.2, 0) is 9.53 Å². The number of nitrogens with one attached hydrogen (secondary N) is 1.